The Balaban J connectivity index is 0.000000131. The van der Waals surface area contributed by atoms with Gasteiger partial charge in [-0.05, 0) is 177 Å². The van der Waals surface area contributed by atoms with Crippen molar-refractivity contribution >= 4 is 170 Å². The highest BCUT2D eigenvalue weighted by atomic mass is 35.5. The number of allylic oxidation sites excluding steroid dienone is 3. The Morgan fingerprint density at radius 3 is 1.38 bits per heavy atom. The minimum atomic E-state index is -0.568. The van der Waals surface area contributed by atoms with Crippen LogP contribution in [-0.4, -0.2) is 100.0 Å². The predicted octanol–water partition coefficient (Wildman–Crippen LogP) is 23.5. The summed E-state index contributed by atoms with van der Waals surface area (Å²) in [4.78, 5) is 76.3. The van der Waals surface area contributed by atoms with Gasteiger partial charge in [-0.1, -0.05) is 186 Å². The van der Waals surface area contributed by atoms with Crippen molar-refractivity contribution in [2.24, 2.45) is 0 Å². The topological polar surface area (TPSA) is 257 Å². The van der Waals surface area contributed by atoms with Crippen molar-refractivity contribution in [1.29, 1.82) is 0 Å². The van der Waals surface area contributed by atoms with Gasteiger partial charge in [-0.2, -0.15) is 0 Å². The first-order valence-electron chi connectivity index (χ1n) is 36.7. The number of nitrogens with zero attached hydrogens (tertiary/aromatic N) is 6. The molecule has 20 nitrogen and oxygen atoms in total. The number of nitro benzene ring substituents is 1. The number of anilines is 1. The number of aromatic amines is 1. The van der Waals surface area contributed by atoms with Gasteiger partial charge in [-0.3, -0.25) is 33.6 Å². The summed E-state index contributed by atoms with van der Waals surface area (Å²) in [6.45, 7) is 0. The number of nitrogens with one attached hydrogen (secondary N) is 1. The molecule has 0 spiro atoms. The molecule has 0 fully saturated rings. The first-order valence-corrected chi connectivity index (χ1v) is 38.6. The lowest BCUT2D eigenvalue weighted by Crippen LogP contribution is -2.14. The number of benzene rings is 14. The van der Waals surface area contributed by atoms with Crippen molar-refractivity contribution in [3.05, 3.63) is 349 Å². The fraction of sp³-hybridized carbons (Fsp3) is 0.0632. The van der Waals surface area contributed by atoms with E-state index in [1.807, 2.05) is 158 Å². The normalized spacial score (nSPS) is 11.0. The minimum absolute atomic E-state index is 0.124. The van der Waals surface area contributed by atoms with Gasteiger partial charge in [0.2, 0.25) is 6.29 Å². The Kier molecular flexibility index (Phi) is 26.7. The number of nitrogen functional groups attached to an aromatic ring is 1. The number of halogens is 5. The predicted molar refractivity (Wildman–Crippen MR) is 478 cm³/mol. The van der Waals surface area contributed by atoms with E-state index in [4.69, 9.17) is 102 Å². The minimum Gasteiger partial charge on any atom is -0.493 e. The average Bonchev–Trinajstić information content (AvgIpc) is 1.60. The van der Waals surface area contributed by atoms with Crippen LogP contribution in [0, 0.1) is 16.2 Å². The second-order valence-electron chi connectivity index (χ2n) is 26.3. The fourth-order valence-electron chi connectivity index (χ4n) is 13.4. The van der Waals surface area contributed by atoms with E-state index in [0.29, 0.717) is 111 Å². The van der Waals surface area contributed by atoms with Gasteiger partial charge in [0, 0.05) is 71.7 Å². The lowest BCUT2D eigenvalue weighted by atomic mass is 9.96. The number of hydrogen-bond acceptors (Lipinski definition) is 16. The Morgan fingerprint density at radius 1 is 0.433 bits per heavy atom. The third kappa shape index (κ3) is 18.6. The zero-order valence-corrected chi connectivity index (χ0v) is 68.6. The highest BCUT2D eigenvalue weighted by Crippen LogP contribution is 2.39. The van der Waals surface area contributed by atoms with E-state index in [2.05, 4.69) is 46.4 Å². The van der Waals surface area contributed by atoms with Gasteiger partial charge < -0.3 is 39.1 Å². The molecule has 3 heterocycles. The maximum absolute atomic E-state index is 13.8. The molecule has 596 valence electrons. The van der Waals surface area contributed by atoms with E-state index >= 15 is 0 Å². The smallest absolute Gasteiger partial charge is 0.293 e. The van der Waals surface area contributed by atoms with Crippen LogP contribution >= 0.6 is 58.0 Å². The number of rotatable bonds is 14. The number of methoxy groups -OCH3 is 6. The van der Waals surface area contributed by atoms with Crippen LogP contribution in [0.5, 0.6) is 34.5 Å². The average molecular weight is 1690 g/mol. The van der Waals surface area contributed by atoms with Crippen molar-refractivity contribution in [3.63, 3.8) is 0 Å². The molecule has 0 amide bonds. The van der Waals surface area contributed by atoms with Crippen LogP contribution in [0.4, 0.5) is 11.4 Å². The number of H-pyrrole nitrogens is 1. The number of carbonyl (C=O) groups excluding carboxylic acids is 4. The maximum Gasteiger partial charge on any atom is 0.293 e. The molecule has 0 unspecified atom stereocenters. The fourth-order valence-corrected chi connectivity index (χ4v) is 14.2. The second kappa shape index (κ2) is 38.3. The zero-order chi connectivity index (χ0) is 84.7. The number of aldehydes is 1. The van der Waals surface area contributed by atoms with Gasteiger partial charge in [0.15, 0.2) is 40.1 Å². The largest absolute Gasteiger partial charge is 0.493 e. The van der Waals surface area contributed by atoms with E-state index in [1.54, 1.807) is 116 Å². The number of nitro groups is 1. The SMILES string of the molecule is COc1ccc(C(=O)Cl)cc1OC.COc1ccc(C(=O)n2c(-c3cccc4ccccc34)nc3cc(Cl)ccc32)cc1OC.COc1ccc(C(=O)n2c(-c3cccc4ccccc34)nc3ccc(Cl)cc32)cc1OC.Clc1ccc2nc(-c3cccc4ccccc34)[nH]c2c1.Nc1ccc(Cl)cc1[N+](=O)[O-].O=CC1=[C+]C=Cc2ccccc21. The van der Waals surface area contributed by atoms with Crippen LogP contribution in [0.3, 0.4) is 0 Å². The maximum atomic E-state index is 13.8. The van der Waals surface area contributed by atoms with Gasteiger partial charge in [-0.15, -0.1) is 0 Å². The summed E-state index contributed by atoms with van der Waals surface area (Å²) >= 11 is 29.3. The van der Waals surface area contributed by atoms with E-state index in [0.717, 1.165) is 72.5 Å². The summed E-state index contributed by atoms with van der Waals surface area (Å²) in [6.07, 6.45) is 7.45. The Labute approximate surface area is 712 Å². The first kappa shape index (κ1) is 83.7. The van der Waals surface area contributed by atoms with Crippen molar-refractivity contribution < 1.29 is 52.5 Å². The van der Waals surface area contributed by atoms with Crippen molar-refractivity contribution in [2.75, 3.05) is 48.4 Å². The lowest BCUT2D eigenvalue weighted by molar-refractivity contribution is -0.383. The molecule has 0 radical (unpaired) electrons. The van der Waals surface area contributed by atoms with Crippen LogP contribution < -0.4 is 34.2 Å². The van der Waals surface area contributed by atoms with Gasteiger partial charge in [0.1, 0.15) is 23.2 Å². The molecule has 25 heteroatoms. The first-order chi connectivity index (χ1) is 58.2. The van der Waals surface area contributed by atoms with Crippen LogP contribution in [-0.2, 0) is 4.79 Å². The molecule has 17 aromatic rings. The molecule has 3 aromatic heterocycles. The number of fused-ring (bicyclic) bond motifs is 7. The number of carbonyl (C=O) groups is 4. The molecule has 120 heavy (non-hydrogen) atoms. The summed E-state index contributed by atoms with van der Waals surface area (Å²) in [5.41, 5.74) is 16.6. The highest BCUT2D eigenvalue weighted by molar-refractivity contribution is 6.67. The molecule has 1 aliphatic rings. The zero-order valence-electron chi connectivity index (χ0n) is 64.8. The van der Waals surface area contributed by atoms with Gasteiger partial charge in [-0.25, -0.2) is 19.7 Å². The van der Waals surface area contributed by atoms with E-state index in [-0.39, 0.29) is 23.2 Å². The molecule has 0 atom stereocenters. The molecule has 1 aliphatic carbocycles. The number of ether oxygens (including phenoxy) is 6. The highest BCUT2D eigenvalue weighted by Gasteiger charge is 2.26. The molecule has 0 aliphatic heterocycles. The summed E-state index contributed by atoms with van der Waals surface area (Å²) in [5.74, 6) is 4.66. The monoisotopic (exact) mass is 1690 g/mol. The van der Waals surface area contributed by atoms with Crippen LogP contribution in [0.2, 0.25) is 20.1 Å². The molecule has 14 aromatic carbocycles. The summed E-state index contributed by atoms with van der Waals surface area (Å²) in [7, 11) is 9.23. The van der Waals surface area contributed by atoms with E-state index in [1.165, 1.54) is 49.3 Å². The van der Waals surface area contributed by atoms with Crippen molar-refractivity contribution in [2.45, 2.75) is 0 Å². The van der Waals surface area contributed by atoms with Gasteiger partial charge in [0.05, 0.1) is 97.9 Å². The molecule has 3 N–H and O–H groups in total. The number of hydrogen-bond donors (Lipinski definition) is 2. The van der Waals surface area contributed by atoms with Crippen LogP contribution in [0.25, 0.3) is 111 Å². The molecule has 0 saturated carbocycles. The molecule has 0 bridgehead atoms. The quantitative estimate of drug-likeness (QED) is 0.0256. The number of nitrogens with two attached hydrogens (primary N) is 1. The summed E-state index contributed by atoms with van der Waals surface area (Å²) in [6, 6.07) is 85.9. The second-order valence-corrected chi connectivity index (χ2v) is 28.4. The third-order valence-corrected chi connectivity index (χ3v) is 20.3. The number of aromatic nitrogens is 6. The van der Waals surface area contributed by atoms with Gasteiger partial charge >= 0.3 is 0 Å². The summed E-state index contributed by atoms with van der Waals surface area (Å²) < 4.78 is 34.7. The molecular weight excluding hydrogens is 1620 g/mol. The van der Waals surface area contributed by atoms with Crippen LogP contribution in [0.15, 0.2) is 285 Å². The third-order valence-electron chi connectivity index (χ3n) is 19.1. The summed E-state index contributed by atoms with van der Waals surface area (Å²) in [5, 5.41) is 18.4. The molecule has 0 saturated heterocycles. The standard InChI is InChI=1S/2C26H19ClN2O3.C17H11ClN2.C11H7O.C9H9ClO3.C6H5ClN2O2/c1-31-23-13-10-17(14-24(23)32-2)26(30)29-22-12-11-18(27)15-21(22)28-25(29)20-9-5-7-16-6-3-4-8-19(16)20;1-31-23-13-10-17(14-24(23)32-2)26(30)29-22-15-18(27)11-12-21(22)28-25(29)20-9-5-7-16-6-3-4-8-19(16)20;18-12-8-9-15-16(10-12)20-17(19-15)14-7-3-5-11-4-1-2-6-13(11)14;12-8-10-6-3-5-9-4-1-2-7-11(9)10;1-12-7-4-3-6(9(10)11)5-8(7)13-2;7-4-1-2-5(8)6(3-4)9(10)11/h2*3-15H,1-2H3;1-10H,(H,19,20);1-5,7-8H;3-5H,1-2H3;1-3H,8H2/q;;;+1;;. The Hall–Kier alpha value is -14.2. The number of imidazole rings is 3. The van der Waals surface area contributed by atoms with Gasteiger partial charge in [0.25, 0.3) is 22.7 Å². The Bertz CT molecular complexity index is 6750. The van der Waals surface area contributed by atoms with E-state index < -0.39 is 10.2 Å². The molecular formula is C95H70Cl5N8O12+. The van der Waals surface area contributed by atoms with Crippen LogP contribution in [0.1, 0.15) is 42.2 Å². The van der Waals surface area contributed by atoms with E-state index in [9.17, 15) is 29.3 Å². The lowest BCUT2D eigenvalue weighted by Gasteiger charge is -2.12. The molecule has 18 rings (SSSR count). The van der Waals surface area contributed by atoms with Crippen molar-refractivity contribution in [1.82, 2.24) is 29.1 Å². The van der Waals surface area contributed by atoms with Crippen molar-refractivity contribution in [3.8, 4) is 68.7 Å². The Morgan fingerprint density at radius 2 is 0.858 bits per heavy atom.